The maximum Gasteiger partial charge on any atom is 0.254 e. The summed E-state index contributed by atoms with van der Waals surface area (Å²) in [4.78, 5) is 14.8. The Morgan fingerprint density at radius 3 is 2.30 bits per heavy atom. The molecule has 0 atom stereocenters. The van der Waals surface area contributed by atoms with Gasteiger partial charge in [0.1, 0.15) is 0 Å². The van der Waals surface area contributed by atoms with Crippen LogP contribution < -0.4 is 9.47 Å². The lowest BCUT2D eigenvalue weighted by Crippen LogP contribution is -2.50. The van der Waals surface area contributed by atoms with Crippen LogP contribution in [0.1, 0.15) is 27.9 Å². The standard InChI is InChI=1S/C22H26N2O5S/c1-16-4-6-19(17(2)14-16)22(25)23-8-10-24(11-9-23)30(26,27)18-5-7-20-21(15-18)29-13-3-12-28-20/h4-7,14-15H,3,8-13H2,1-2H3. The molecule has 2 heterocycles. The zero-order chi connectivity index (χ0) is 21.3. The number of nitrogens with zero attached hydrogens (tertiary/aromatic N) is 2. The van der Waals surface area contributed by atoms with Gasteiger partial charge in [0, 0.05) is 44.2 Å². The minimum atomic E-state index is -3.68. The highest BCUT2D eigenvalue weighted by Crippen LogP contribution is 2.33. The summed E-state index contributed by atoms with van der Waals surface area (Å²) in [6.45, 7) is 6.19. The van der Waals surface area contributed by atoms with E-state index < -0.39 is 10.0 Å². The van der Waals surface area contributed by atoms with Gasteiger partial charge in [-0.2, -0.15) is 4.31 Å². The Balaban J connectivity index is 1.47. The summed E-state index contributed by atoms with van der Waals surface area (Å²) in [6, 6.07) is 10.5. The van der Waals surface area contributed by atoms with Crippen LogP contribution in [0.5, 0.6) is 11.5 Å². The van der Waals surface area contributed by atoms with E-state index in [0.29, 0.717) is 43.4 Å². The predicted molar refractivity (Wildman–Crippen MR) is 113 cm³/mol. The number of carbonyl (C=O) groups excluding carboxylic acids is 1. The lowest BCUT2D eigenvalue weighted by molar-refractivity contribution is 0.0697. The average molecular weight is 431 g/mol. The number of piperazine rings is 1. The van der Waals surface area contributed by atoms with Crippen molar-refractivity contribution in [1.29, 1.82) is 0 Å². The minimum Gasteiger partial charge on any atom is -0.490 e. The fourth-order valence-corrected chi connectivity index (χ4v) is 5.25. The summed E-state index contributed by atoms with van der Waals surface area (Å²) in [7, 11) is -3.68. The van der Waals surface area contributed by atoms with Crippen LogP contribution in [0.4, 0.5) is 0 Å². The Morgan fingerprint density at radius 1 is 0.900 bits per heavy atom. The van der Waals surface area contributed by atoms with Gasteiger partial charge in [0.25, 0.3) is 5.91 Å². The topological polar surface area (TPSA) is 76.2 Å². The highest BCUT2D eigenvalue weighted by Gasteiger charge is 2.31. The van der Waals surface area contributed by atoms with E-state index >= 15 is 0 Å². The third kappa shape index (κ3) is 4.02. The summed E-state index contributed by atoms with van der Waals surface area (Å²) in [6.07, 6.45) is 0.757. The third-order valence-corrected chi connectivity index (χ3v) is 7.39. The zero-order valence-electron chi connectivity index (χ0n) is 17.3. The van der Waals surface area contributed by atoms with Gasteiger partial charge in [0.15, 0.2) is 11.5 Å². The molecule has 1 fully saturated rings. The van der Waals surface area contributed by atoms with Crippen LogP contribution in [0.3, 0.4) is 0 Å². The number of fused-ring (bicyclic) bond motifs is 1. The average Bonchev–Trinajstić information content (AvgIpc) is 2.98. The molecule has 4 rings (SSSR count). The Labute approximate surface area is 177 Å². The van der Waals surface area contributed by atoms with Crippen molar-refractivity contribution >= 4 is 15.9 Å². The molecular weight excluding hydrogens is 404 g/mol. The van der Waals surface area contributed by atoms with Crippen molar-refractivity contribution in [2.24, 2.45) is 0 Å². The molecule has 160 valence electrons. The lowest BCUT2D eigenvalue weighted by Gasteiger charge is -2.34. The fraction of sp³-hybridized carbons (Fsp3) is 0.409. The quantitative estimate of drug-likeness (QED) is 0.748. The number of rotatable bonds is 3. The van der Waals surface area contributed by atoms with Crippen LogP contribution in [-0.2, 0) is 10.0 Å². The molecule has 0 radical (unpaired) electrons. The second kappa shape index (κ2) is 8.28. The van der Waals surface area contributed by atoms with Crippen LogP contribution in [0, 0.1) is 13.8 Å². The Hall–Kier alpha value is -2.58. The molecular formula is C22H26N2O5S. The fourth-order valence-electron chi connectivity index (χ4n) is 3.81. The van der Waals surface area contributed by atoms with Crippen molar-refractivity contribution in [3.63, 3.8) is 0 Å². The first kappa shape index (κ1) is 20.7. The van der Waals surface area contributed by atoms with Crippen LogP contribution in [0.2, 0.25) is 0 Å². The van der Waals surface area contributed by atoms with E-state index in [1.807, 2.05) is 32.0 Å². The molecule has 0 aromatic heterocycles. The van der Waals surface area contributed by atoms with E-state index in [-0.39, 0.29) is 23.9 Å². The third-order valence-electron chi connectivity index (χ3n) is 5.49. The monoisotopic (exact) mass is 430 g/mol. The molecule has 2 aromatic carbocycles. The van der Waals surface area contributed by atoms with Gasteiger partial charge in [-0.25, -0.2) is 8.42 Å². The van der Waals surface area contributed by atoms with E-state index in [0.717, 1.165) is 17.5 Å². The van der Waals surface area contributed by atoms with Crippen molar-refractivity contribution in [3.8, 4) is 11.5 Å². The molecule has 0 unspecified atom stereocenters. The molecule has 0 bridgehead atoms. The first-order valence-corrected chi connectivity index (χ1v) is 11.6. The number of ether oxygens (including phenoxy) is 2. The van der Waals surface area contributed by atoms with Crippen molar-refractivity contribution in [2.75, 3.05) is 39.4 Å². The molecule has 1 saturated heterocycles. The highest BCUT2D eigenvalue weighted by molar-refractivity contribution is 7.89. The van der Waals surface area contributed by atoms with Crippen LogP contribution in [-0.4, -0.2) is 62.9 Å². The molecule has 0 aliphatic carbocycles. The maximum absolute atomic E-state index is 13.1. The van der Waals surface area contributed by atoms with Crippen molar-refractivity contribution in [2.45, 2.75) is 25.2 Å². The molecule has 8 heteroatoms. The minimum absolute atomic E-state index is 0.0554. The van der Waals surface area contributed by atoms with E-state index in [9.17, 15) is 13.2 Å². The summed E-state index contributed by atoms with van der Waals surface area (Å²) in [5.74, 6) is 0.965. The van der Waals surface area contributed by atoms with E-state index in [4.69, 9.17) is 9.47 Å². The maximum atomic E-state index is 13.1. The van der Waals surface area contributed by atoms with Gasteiger partial charge in [0.05, 0.1) is 18.1 Å². The predicted octanol–water partition coefficient (Wildman–Crippen LogP) is 2.61. The molecule has 30 heavy (non-hydrogen) atoms. The molecule has 7 nitrogen and oxygen atoms in total. The van der Waals surface area contributed by atoms with Gasteiger partial charge in [-0.05, 0) is 37.6 Å². The van der Waals surface area contributed by atoms with Crippen LogP contribution in [0.15, 0.2) is 41.3 Å². The largest absolute Gasteiger partial charge is 0.490 e. The molecule has 2 aromatic rings. The number of carbonyl (C=O) groups is 1. The molecule has 0 N–H and O–H groups in total. The van der Waals surface area contributed by atoms with E-state index in [1.54, 1.807) is 17.0 Å². The van der Waals surface area contributed by atoms with Gasteiger partial charge in [0.2, 0.25) is 10.0 Å². The summed E-state index contributed by atoms with van der Waals surface area (Å²) >= 11 is 0. The number of sulfonamides is 1. The molecule has 2 aliphatic rings. The normalized spacial score (nSPS) is 17.5. The van der Waals surface area contributed by atoms with E-state index in [2.05, 4.69) is 0 Å². The van der Waals surface area contributed by atoms with E-state index in [1.165, 1.54) is 10.4 Å². The number of hydrogen-bond acceptors (Lipinski definition) is 5. The first-order valence-electron chi connectivity index (χ1n) is 10.1. The Bertz CT molecular complexity index is 1060. The lowest BCUT2D eigenvalue weighted by atomic mass is 10.0. The summed E-state index contributed by atoms with van der Waals surface area (Å²) < 4.78 is 38.9. The number of aryl methyl sites for hydroxylation is 2. The molecule has 2 aliphatic heterocycles. The van der Waals surface area contributed by atoms with Crippen molar-refractivity contribution in [1.82, 2.24) is 9.21 Å². The van der Waals surface area contributed by atoms with Gasteiger partial charge < -0.3 is 14.4 Å². The van der Waals surface area contributed by atoms with Crippen molar-refractivity contribution < 1.29 is 22.7 Å². The molecule has 0 saturated carbocycles. The highest BCUT2D eigenvalue weighted by atomic mass is 32.2. The van der Waals surface area contributed by atoms with Gasteiger partial charge in [-0.3, -0.25) is 4.79 Å². The first-order chi connectivity index (χ1) is 14.4. The van der Waals surface area contributed by atoms with Gasteiger partial charge >= 0.3 is 0 Å². The summed E-state index contributed by atoms with van der Waals surface area (Å²) in [5.41, 5.74) is 2.71. The Morgan fingerprint density at radius 2 is 1.60 bits per heavy atom. The van der Waals surface area contributed by atoms with Crippen molar-refractivity contribution in [3.05, 3.63) is 53.1 Å². The number of benzene rings is 2. The Kier molecular flexibility index (Phi) is 5.71. The molecule has 0 spiro atoms. The number of amides is 1. The second-order valence-corrected chi connectivity index (χ2v) is 9.61. The van der Waals surface area contributed by atoms with Crippen LogP contribution in [0.25, 0.3) is 0 Å². The van der Waals surface area contributed by atoms with Gasteiger partial charge in [-0.1, -0.05) is 17.7 Å². The number of hydrogen-bond donors (Lipinski definition) is 0. The zero-order valence-corrected chi connectivity index (χ0v) is 18.1. The van der Waals surface area contributed by atoms with Gasteiger partial charge in [-0.15, -0.1) is 0 Å². The smallest absolute Gasteiger partial charge is 0.254 e. The second-order valence-electron chi connectivity index (χ2n) is 7.67. The SMILES string of the molecule is Cc1ccc(C(=O)N2CCN(S(=O)(=O)c3ccc4c(c3)OCCCO4)CC2)c(C)c1. The molecule has 1 amide bonds. The summed E-state index contributed by atoms with van der Waals surface area (Å²) in [5, 5.41) is 0. The van der Waals surface area contributed by atoms with Crippen LogP contribution >= 0.6 is 0 Å².